The third-order valence-electron chi connectivity index (χ3n) is 2.63. The van der Waals surface area contributed by atoms with Crippen LogP contribution in [0.3, 0.4) is 0 Å². The Hall–Kier alpha value is -1.87. The van der Waals surface area contributed by atoms with Gasteiger partial charge in [-0.25, -0.2) is 8.42 Å². The maximum Gasteiger partial charge on any atom is 0.418 e. The fourth-order valence-electron chi connectivity index (χ4n) is 1.71. The Morgan fingerprint density at radius 2 is 1.82 bits per heavy atom. The molecule has 0 aliphatic rings. The van der Waals surface area contributed by atoms with Crippen molar-refractivity contribution in [2.45, 2.75) is 10.4 Å². The zero-order chi connectivity index (χ0) is 16.4. The first-order chi connectivity index (χ1) is 10.2. The number of alkyl halides is 3. The number of amides is 1. The van der Waals surface area contributed by atoms with Crippen LogP contribution in [0, 0.1) is 0 Å². The van der Waals surface area contributed by atoms with E-state index in [-0.39, 0.29) is 4.21 Å². The second kappa shape index (κ2) is 6.09. The molecule has 1 N–H and O–H groups in total. The smallest absolute Gasteiger partial charge is 0.325 e. The molecule has 4 nitrogen and oxygen atoms in total. The van der Waals surface area contributed by atoms with E-state index in [0.29, 0.717) is 0 Å². The van der Waals surface area contributed by atoms with Crippen LogP contribution >= 0.6 is 11.3 Å². The molecule has 1 heterocycles. The van der Waals surface area contributed by atoms with E-state index in [1.165, 1.54) is 29.6 Å². The van der Waals surface area contributed by atoms with Crippen molar-refractivity contribution in [1.29, 1.82) is 0 Å². The molecule has 0 atom stereocenters. The second-order valence-electron chi connectivity index (χ2n) is 4.28. The monoisotopic (exact) mass is 349 g/mol. The summed E-state index contributed by atoms with van der Waals surface area (Å²) in [5, 5.41) is 3.53. The van der Waals surface area contributed by atoms with Gasteiger partial charge in [0.2, 0.25) is 5.91 Å². The molecule has 1 aromatic heterocycles. The molecule has 0 spiro atoms. The molecular formula is C13H10F3NO3S2. The highest BCUT2D eigenvalue weighted by molar-refractivity contribution is 7.94. The third-order valence-corrected chi connectivity index (χ3v) is 5.73. The molecule has 0 saturated heterocycles. The number of halogens is 3. The zero-order valence-corrected chi connectivity index (χ0v) is 12.6. The lowest BCUT2D eigenvalue weighted by Gasteiger charge is -2.13. The molecule has 0 aliphatic heterocycles. The summed E-state index contributed by atoms with van der Waals surface area (Å²) in [6.07, 6.45) is -4.64. The van der Waals surface area contributed by atoms with E-state index in [1.807, 2.05) is 5.32 Å². The van der Waals surface area contributed by atoms with Gasteiger partial charge in [0.05, 0.1) is 11.3 Å². The highest BCUT2D eigenvalue weighted by atomic mass is 32.2. The molecule has 0 bridgehead atoms. The van der Waals surface area contributed by atoms with Gasteiger partial charge < -0.3 is 5.32 Å². The molecule has 0 radical (unpaired) electrons. The van der Waals surface area contributed by atoms with Crippen molar-refractivity contribution < 1.29 is 26.4 Å². The third kappa shape index (κ3) is 3.86. The van der Waals surface area contributed by atoms with Gasteiger partial charge in [0.15, 0.2) is 9.84 Å². The Labute approximate surface area is 128 Å². The number of carbonyl (C=O) groups is 1. The quantitative estimate of drug-likeness (QED) is 0.922. The van der Waals surface area contributed by atoms with Crippen molar-refractivity contribution in [2.75, 3.05) is 11.1 Å². The van der Waals surface area contributed by atoms with E-state index in [2.05, 4.69) is 0 Å². The summed E-state index contributed by atoms with van der Waals surface area (Å²) >= 11 is 0.938. The molecule has 22 heavy (non-hydrogen) atoms. The normalized spacial score (nSPS) is 12.1. The Morgan fingerprint density at radius 1 is 1.14 bits per heavy atom. The molecule has 2 aromatic rings. The molecule has 0 saturated carbocycles. The van der Waals surface area contributed by atoms with Gasteiger partial charge >= 0.3 is 6.18 Å². The number of benzene rings is 1. The van der Waals surface area contributed by atoms with Gasteiger partial charge in [0.1, 0.15) is 9.96 Å². The molecule has 1 aromatic carbocycles. The summed E-state index contributed by atoms with van der Waals surface area (Å²) in [7, 11) is -3.86. The number of sulfone groups is 1. The van der Waals surface area contributed by atoms with Crippen molar-refractivity contribution in [3.63, 3.8) is 0 Å². The van der Waals surface area contributed by atoms with Crippen LogP contribution in [0.2, 0.25) is 0 Å². The van der Waals surface area contributed by atoms with Crippen LogP contribution < -0.4 is 5.32 Å². The van der Waals surface area contributed by atoms with Crippen LogP contribution in [0.25, 0.3) is 0 Å². The summed E-state index contributed by atoms with van der Waals surface area (Å²) in [6, 6.07) is 7.21. The summed E-state index contributed by atoms with van der Waals surface area (Å²) in [5.41, 5.74) is -1.50. The Morgan fingerprint density at radius 3 is 2.41 bits per heavy atom. The number of rotatable bonds is 4. The van der Waals surface area contributed by atoms with E-state index < -0.39 is 38.9 Å². The molecular weight excluding hydrogens is 339 g/mol. The van der Waals surface area contributed by atoms with E-state index in [0.717, 1.165) is 23.5 Å². The van der Waals surface area contributed by atoms with Crippen LogP contribution in [0.1, 0.15) is 5.56 Å². The highest BCUT2D eigenvalue weighted by Crippen LogP contribution is 2.34. The summed E-state index contributed by atoms with van der Waals surface area (Å²) in [5.74, 6) is -1.94. The summed E-state index contributed by atoms with van der Waals surface area (Å²) in [6.45, 7) is 0. The van der Waals surface area contributed by atoms with Crippen molar-refractivity contribution in [3.8, 4) is 0 Å². The van der Waals surface area contributed by atoms with E-state index in [4.69, 9.17) is 0 Å². The minimum Gasteiger partial charge on any atom is -0.325 e. The fourth-order valence-corrected chi connectivity index (χ4v) is 3.93. The van der Waals surface area contributed by atoms with Gasteiger partial charge in [0, 0.05) is 0 Å². The predicted molar refractivity (Wildman–Crippen MR) is 76.4 cm³/mol. The number of anilines is 1. The van der Waals surface area contributed by atoms with Crippen molar-refractivity contribution in [3.05, 3.63) is 47.3 Å². The van der Waals surface area contributed by atoms with Gasteiger partial charge in [-0.1, -0.05) is 18.2 Å². The lowest BCUT2D eigenvalue weighted by Crippen LogP contribution is -2.24. The van der Waals surface area contributed by atoms with Gasteiger partial charge in [-0.15, -0.1) is 11.3 Å². The zero-order valence-electron chi connectivity index (χ0n) is 10.9. The highest BCUT2D eigenvalue weighted by Gasteiger charge is 2.33. The minimum atomic E-state index is -4.64. The largest absolute Gasteiger partial charge is 0.418 e. The Bertz CT molecular complexity index is 768. The standard InChI is InChI=1S/C13H10F3NO3S2/c14-13(15,16)9-4-1-2-5-10(9)17-11(18)8-22(19,20)12-6-3-7-21-12/h1-7H,8H2,(H,17,18). The maximum absolute atomic E-state index is 12.8. The molecule has 2 rings (SSSR count). The molecule has 0 unspecified atom stereocenters. The van der Waals surface area contributed by atoms with Crippen molar-refractivity contribution in [1.82, 2.24) is 0 Å². The molecule has 118 valence electrons. The number of carbonyl (C=O) groups excluding carboxylic acids is 1. The van der Waals surface area contributed by atoms with E-state index in [9.17, 15) is 26.4 Å². The van der Waals surface area contributed by atoms with Crippen LogP contribution in [-0.2, 0) is 20.8 Å². The fraction of sp³-hybridized carbons (Fsp3) is 0.154. The topological polar surface area (TPSA) is 63.2 Å². The number of thiophene rings is 1. The lowest BCUT2D eigenvalue weighted by atomic mass is 10.1. The van der Waals surface area contributed by atoms with Crippen LogP contribution in [0.15, 0.2) is 46.0 Å². The molecule has 0 aliphatic carbocycles. The van der Waals surface area contributed by atoms with Gasteiger partial charge in [-0.05, 0) is 23.6 Å². The lowest BCUT2D eigenvalue weighted by molar-refractivity contribution is -0.137. The number of hydrogen-bond acceptors (Lipinski definition) is 4. The maximum atomic E-state index is 12.8. The van der Waals surface area contributed by atoms with E-state index in [1.54, 1.807) is 0 Å². The second-order valence-corrected chi connectivity index (χ2v) is 7.45. The molecule has 9 heteroatoms. The van der Waals surface area contributed by atoms with Gasteiger partial charge in [-0.2, -0.15) is 13.2 Å². The van der Waals surface area contributed by atoms with E-state index >= 15 is 0 Å². The number of nitrogens with one attached hydrogen (secondary N) is 1. The first-order valence-corrected chi connectivity index (χ1v) is 8.46. The minimum absolute atomic E-state index is 0.00763. The average Bonchev–Trinajstić information content (AvgIpc) is 2.91. The Balaban J connectivity index is 2.17. The van der Waals surface area contributed by atoms with Crippen LogP contribution in [0.4, 0.5) is 18.9 Å². The Kier molecular flexibility index (Phi) is 4.57. The van der Waals surface area contributed by atoms with Crippen molar-refractivity contribution >= 4 is 32.8 Å². The first-order valence-electron chi connectivity index (χ1n) is 5.92. The number of para-hydroxylation sites is 1. The van der Waals surface area contributed by atoms with Gasteiger partial charge in [-0.3, -0.25) is 4.79 Å². The van der Waals surface area contributed by atoms with Crippen molar-refractivity contribution in [2.24, 2.45) is 0 Å². The van der Waals surface area contributed by atoms with Gasteiger partial charge in [0.25, 0.3) is 0 Å². The van der Waals surface area contributed by atoms with Crippen LogP contribution in [0.5, 0.6) is 0 Å². The van der Waals surface area contributed by atoms with Crippen LogP contribution in [-0.4, -0.2) is 20.1 Å². The summed E-state index contributed by atoms with van der Waals surface area (Å²) in [4.78, 5) is 11.7. The number of hydrogen-bond donors (Lipinski definition) is 1. The summed E-state index contributed by atoms with van der Waals surface area (Å²) < 4.78 is 62.2. The SMILES string of the molecule is O=C(CS(=O)(=O)c1cccs1)Nc1ccccc1C(F)(F)F. The molecule has 1 amide bonds. The molecule has 0 fully saturated rings. The predicted octanol–water partition coefficient (Wildman–Crippen LogP) is 3.18. The average molecular weight is 349 g/mol. The first kappa shape index (κ1) is 16.5.